The SMILES string of the molecule is COc1cc(C(=O)Oc2ccc(C)cc2)ccc1OCC=C(C)C. The standard InChI is InChI=1S/C20H22O4/c1-14(2)11-12-23-18-10-7-16(13-19(18)22-4)20(21)24-17-8-5-15(3)6-9-17/h5-11,13H,12H2,1-4H3. The van der Waals surface area contributed by atoms with E-state index >= 15 is 0 Å². The lowest BCUT2D eigenvalue weighted by Gasteiger charge is -2.11. The van der Waals surface area contributed by atoms with Crippen LogP contribution in [0.3, 0.4) is 0 Å². The molecule has 0 heterocycles. The number of carbonyl (C=O) groups excluding carboxylic acids is 1. The summed E-state index contributed by atoms with van der Waals surface area (Å²) in [5.74, 6) is 1.15. The minimum atomic E-state index is -0.437. The molecule has 0 spiro atoms. The van der Waals surface area contributed by atoms with Crippen LogP contribution in [0.1, 0.15) is 29.8 Å². The van der Waals surface area contributed by atoms with Gasteiger partial charge in [0.25, 0.3) is 0 Å². The molecule has 0 aliphatic carbocycles. The Morgan fingerprint density at radius 2 is 1.75 bits per heavy atom. The number of allylic oxidation sites excluding steroid dienone is 1. The maximum atomic E-state index is 12.3. The van der Waals surface area contributed by atoms with E-state index in [0.29, 0.717) is 29.4 Å². The van der Waals surface area contributed by atoms with Crippen LogP contribution in [0.25, 0.3) is 0 Å². The van der Waals surface area contributed by atoms with Gasteiger partial charge in [0, 0.05) is 0 Å². The van der Waals surface area contributed by atoms with Gasteiger partial charge in [0.05, 0.1) is 12.7 Å². The lowest BCUT2D eigenvalue weighted by Crippen LogP contribution is -2.09. The van der Waals surface area contributed by atoms with E-state index in [1.54, 1.807) is 30.3 Å². The van der Waals surface area contributed by atoms with Crippen molar-refractivity contribution in [1.82, 2.24) is 0 Å². The molecule has 0 radical (unpaired) electrons. The Balaban J connectivity index is 2.11. The van der Waals surface area contributed by atoms with Gasteiger partial charge >= 0.3 is 5.97 Å². The van der Waals surface area contributed by atoms with Crippen LogP contribution in [-0.2, 0) is 0 Å². The lowest BCUT2D eigenvalue weighted by molar-refractivity contribution is 0.0734. The van der Waals surface area contributed by atoms with Gasteiger partial charge in [-0.3, -0.25) is 0 Å². The zero-order chi connectivity index (χ0) is 17.5. The Morgan fingerprint density at radius 1 is 1.04 bits per heavy atom. The van der Waals surface area contributed by atoms with Crippen LogP contribution in [0, 0.1) is 6.92 Å². The molecule has 0 amide bonds. The molecule has 0 aromatic heterocycles. The van der Waals surface area contributed by atoms with Gasteiger partial charge < -0.3 is 14.2 Å². The first-order chi connectivity index (χ1) is 11.5. The molecule has 0 N–H and O–H groups in total. The zero-order valence-corrected chi connectivity index (χ0v) is 14.5. The molecule has 2 rings (SSSR count). The van der Waals surface area contributed by atoms with Gasteiger partial charge in [0.2, 0.25) is 0 Å². The van der Waals surface area contributed by atoms with Crippen molar-refractivity contribution in [2.45, 2.75) is 20.8 Å². The van der Waals surface area contributed by atoms with Gasteiger partial charge in [0.1, 0.15) is 12.4 Å². The number of hydrogen-bond acceptors (Lipinski definition) is 4. The van der Waals surface area contributed by atoms with Crippen LogP contribution in [0.5, 0.6) is 17.2 Å². The van der Waals surface area contributed by atoms with Gasteiger partial charge in [-0.2, -0.15) is 0 Å². The Hall–Kier alpha value is -2.75. The maximum Gasteiger partial charge on any atom is 0.343 e. The van der Waals surface area contributed by atoms with Crippen molar-refractivity contribution in [1.29, 1.82) is 0 Å². The van der Waals surface area contributed by atoms with E-state index in [1.807, 2.05) is 39.0 Å². The van der Waals surface area contributed by atoms with Crippen LogP contribution < -0.4 is 14.2 Å². The molecule has 0 bridgehead atoms. The molecule has 0 fully saturated rings. The quantitative estimate of drug-likeness (QED) is 0.443. The van der Waals surface area contributed by atoms with Gasteiger partial charge in [0.15, 0.2) is 11.5 Å². The fourth-order valence-electron chi connectivity index (χ4n) is 1.98. The number of ether oxygens (including phenoxy) is 3. The minimum absolute atomic E-state index is 0.405. The molecule has 0 saturated heterocycles. The number of esters is 1. The largest absolute Gasteiger partial charge is 0.493 e. The summed E-state index contributed by atoms with van der Waals surface area (Å²) in [6, 6.07) is 12.3. The number of carbonyl (C=O) groups is 1. The highest BCUT2D eigenvalue weighted by atomic mass is 16.5. The summed E-state index contributed by atoms with van der Waals surface area (Å²) >= 11 is 0. The smallest absolute Gasteiger partial charge is 0.343 e. The second kappa shape index (κ2) is 8.20. The Kier molecular flexibility index (Phi) is 6.01. The summed E-state index contributed by atoms with van der Waals surface area (Å²) in [6.07, 6.45) is 1.97. The first-order valence-corrected chi connectivity index (χ1v) is 7.72. The number of methoxy groups -OCH3 is 1. The summed E-state index contributed by atoms with van der Waals surface area (Å²) in [7, 11) is 1.54. The third kappa shape index (κ3) is 4.88. The summed E-state index contributed by atoms with van der Waals surface area (Å²) in [6.45, 7) is 6.44. The fourth-order valence-corrected chi connectivity index (χ4v) is 1.98. The summed E-state index contributed by atoms with van der Waals surface area (Å²) in [5, 5.41) is 0. The average Bonchev–Trinajstić information content (AvgIpc) is 2.56. The van der Waals surface area contributed by atoms with Crippen LogP contribution in [0.15, 0.2) is 54.1 Å². The van der Waals surface area contributed by atoms with E-state index in [2.05, 4.69) is 0 Å². The van der Waals surface area contributed by atoms with E-state index < -0.39 is 5.97 Å². The number of hydrogen-bond donors (Lipinski definition) is 0. The zero-order valence-electron chi connectivity index (χ0n) is 14.5. The molecule has 4 heteroatoms. The van der Waals surface area contributed by atoms with E-state index in [0.717, 1.165) is 5.56 Å². The maximum absolute atomic E-state index is 12.3. The first kappa shape index (κ1) is 17.6. The van der Waals surface area contributed by atoms with Crippen molar-refractivity contribution in [2.24, 2.45) is 0 Å². The summed E-state index contributed by atoms with van der Waals surface area (Å²) < 4.78 is 16.3. The predicted octanol–water partition coefficient (Wildman–Crippen LogP) is 4.57. The van der Waals surface area contributed by atoms with E-state index in [1.165, 1.54) is 12.7 Å². The number of aryl methyl sites for hydroxylation is 1. The van der Waals surface area contributed by atoms with Crippen molar-refractivity contribution in [2.75, 3.05) is 13.7 Å². The minimum Gasteiger partial charge on any atom is -0.493 e. The van der Waals surface area contributed by atoms with E-state index in [-0.39, 0.29) is 0 Å². The lowest BCUT2D eigenvalue weighted by atomic mass is 10.2. The van der Waals surface area contributed by atoms with Crippen molar-refractivity contribution < 1.29 is 19.0 Å². The molecular weight excluding hydrogens is 304 g/mol. The van der Waals surface area contributed by atoms with Crippen LogP contribution >= 0.6 is 0 Å². The normalized spacial score (nSPS) is 10.0. The number of rotatable bonds is 6. The highest BCUT2D eigenvalue weighted by molar-refractivity contribution is 5.91. The van der Waals surface area contributed by atoms with E-state index in [9.17, 15) is 4.79 Å². The average molecular weight is 326 g/mol. The Bertz CT molecular complexity index is 726. The summed E-state index contributed by atoms with van der Waals surface area (Å²) in [5.41, 5.74) is 2.68. The van der Waals surface area contributed by atoms with Gasteiger partial charge in [-0.25, -0.2) is 4.79 Å². The number of benzene rings is 2. The molecular formula is C20H22O4. The Morgan fingerprint density at radius 3 is 2.38 bits per heavy atom. The molecule has 0 saturated carbocycles. The van der Waals surface area contributed by atoms with E-state index in [4.69, 9.17) is 14.2 Å². The summed E-state index contributed by atoms with van der Waals surface area (Å²) in [4.78, 5) is 12.3. The van der Waals surface area contributed by atoms with Crippen molar-refractivity contribution >= 4 is 5.97 Å². The molecule has 126 valence electrons. The van der Waals surface area contributed by atoms with Crippen LogP contribution in [0.4, 0.5) is 0 Å². The fraction of sp³-hybridized carbons (Fsp3) is 0.250. The second-order valence-electron chi connectivity index (χ2n) is 5.66. The van der Waals surface area contributed by atoms with Gasteiger partial charge in [-0.1, -0.05) is 23.3 Å². The molecule has 0 aliphatic rings. The van der Waals surface area contributed by atoms with Crippen molar-refractivity contribution in [3.8, 4) is 17.2 Å². The molecule has 0 unspecified atom stereocenters. The van der Waals surface area contributed by atoms with Crippen LogP contribution in [0.2, 0.25) is 0 Å². The topological polar surface area (TPSA) is 44.8 Å². The first-order valence-electron chi connectivity index (χ1n) is 7.72. The molecule has 2 aromatic rings. The van der Waals surface area contributed by atoms with Crippen molar-refractivity contribution in [3.05, 3.63) is 65.2 Å². The highest BCUT2D eigenvalue weighted by Gasteiger charge is 2.13. The molecule has 0 aliphatic heterocycles. The van der Waals surface area contributed by atoms with Crippen molar-refractivity contribution in [3.63, 3.8) is 0 Å². The Labute approximate surface area is 142 Å². The molecule has 4 nitrogen and oxygen atoms in total. The monoisotopic (exact) mass is 326 g/mol. The second-order valence-corrected chi connectivity index (χ2v) is 5.66. The molecule has 0 atom stereocenters. The van der Waals surface area contributed by atoms with Crippen LogP contribution in [-0.4, -0.2) is 19.7 Å². The van der Waals surface area contributed by atoms with Gasteiger partial charge in [-0.05, 0) is 57.2 Å². The molecule has 2 aromatic carbocycles. The third-order valence-electron chi connectivity index (χ3n) is 3.36. The molecule has 24 heavy (non-hydrogen) atoms. The van der Waals surface area contributed by atoms with Gasteiger partial charge in [-0.15, -0.1) is 0 Å². The highest BCUT2D eigenvalue weighted by Crippen LogP contribution is 2.28. The third-order valence-corrected chi connectivity index (χ3v) is 3.36. The predicted molar refractivity (Wildman–Crippen MR) is 94.1 cm³/mol.